The first-order chi connectivity index (χ1) is 24.0. The first-order valence-corrected chi connectivity index (χ1v) is 19.3. The summed E-state index contributed by atoms with van der Waals surface area (Å²) in [5.74, 6) is 0.550. The average Bonchev–Trinajstić information content (AvgIpc) is 3.91. The second kappa shape index (κ2) is 13.1. The summed E-state index contributed by atoms with van der Waals surface area (Å²) in [5, 5.41) is 8.12. The second-order valence-electron chi connectivity index (χ2n) is 13.5. The van der Waals surface area contributed by atoms with Gasteiger partial charge in [0.2, 0.25) is 0 Å². The summed E-state index contributed by atoms with van der Waals surface area (Å²) in [7, 11) is 0. The Kier molecular flexibility index (Phi) is 8.88. The van der Waals surface area contributed by atoms with Crippen LogP contribution >= 0.6 is 11.3 Å². The van der Waals surface area contributed by atoms with E-state index < -0.39 is 0 Å². The second-order valence-corrected chi connectivity index (χ2v) is 14.5. The zero-order valence-corrected chi connectivity index (χ0v) is 31.2. The molecule has 0 fully saturated rings. The van der Waals surface area contributed by atoms with Crippen molar-refractivity contribution in [3.63, 3.8) is 0 Å². The molecular formula is C47H49NS. The maximum Gasteiger partial charge on any atom is 0.0719 e. The zero-order valence-electron chi connectivity index (χ0n) is 30.4. The topological polar surface area (TPSA) is 4.93 Å². The lowest BCUT2D eigenvalue weighted by Crippen LogP contribution is -2.23. The third kappa shape index (κ3) is 4.94. The van der Waals surface area contributed by atoms with Crippen molar-refractivity contribution in [2.24, 2.45) is 5.92 Å². The summed E-state index contributed by atoms with van der Waals surface area (Å²) < 4.78 is 5.33. The van der Waals surface area contributed by atoms with E-state index in [1.807, 2.05) is 39.0 Å². The van der Waals surface area contributed by atoms with Crippen LogP contribution in [0.3, 0.4) is 0 Å². The van der Waals surface area contributed by atoms with Crippen LogP contribution in [0.4, 0.5) is 0 Å². The molecule has 5 aromatic carbocycles. The van der Waals surface area contributed by atoms with Crippen molar-refractivity contribution in [2.75, 3.05) is 0 Å². The molecule has 2 heteroatoms. The van der Waals surface area contributed by atoms with Crippen LogP contribution in [0.25, 0.3) is 63.9 Å². The van der Waals surface area contributed by atoms with Gasteiger partial charge in [-0.25, -0.2) is 0 Å². The summed E-state index contributed by atoms with van der Waals surface area (Å²) in [6.07, 6.45) is 12.1. The smallest absolute Gasteiger partial charge is 0.0719 e. The third-order valence-electron chi connectivity index (χ3n) is 10.8. The predicted molar refractivity (Wildman–Crippen MR) is 220 cm³/mol. The Bertz CT molecular complexity index is 2440. The molecule has 0 spiro atoms. The zero-order chi connectivity index (χ0) is 34.4. The van der Waals surface area contributed by atoms with Crippen molar-refractivity contribution in [3.8, 4) is 0 Å². The number of benzene rings is 5. The van der Waals surface area contributed by atoms with Gasteiger partial charge in [-0.05, 0) is 76.1 Å². The van der Waals surface area contributed by atoms with Gasteiger partial charge in [0.15, 0.2) is 0 Å². The molecule has 1 nitrogen and oxygen atoms in total. The molecule has 0 saturated carbocycles. The van der Waals surface area contributed by atoms with Crippen LogP contribution in [-0.4, -0.2) is 4.57 Å². The number of aromatic nitrogens is 1. The monoisotopic (exact) mass is 659 g/mol. The Balaban J connectivity index is 0.000000914. The van der Waals surface area contributed by atoms with Gasteiger partial charge < -0.3 is 4.57 Å². The summed E-state index contributed by atoms with van der Waals surface area (Å²) >= 11 is 1.91. The number of fused-ring (bicyclic) bond motifs is 10. The quantitative estimate of drug-likeness (QED) is 0.177. The van der Waals surface area contributed by atoms with Crippen molar-refractivity contribution in [1.82, 2.24) is 4.57 Å². The minimum Gasteiger partial charge on any atom is -0.329 e. The Hall–Kier alpha value is -4.40. The molecule has 2 aliphatic rings. The van der Waals surface area contributed by atoms with E-state index in [-0.39, 0.29) is 11.5 Å². The number of allylic oxidation sites excluding steroid dienone is 6. The van der Waals surface area contributed by atoms with E-state index in [4.69, 9.17) is 0 Å². The lowest BCUT2D eigenvalue weighted by molar-refractivity contribution is 0.388. The molecule has 0 bridgehead atoms. The van der Waals surface area contributed by atoms with Gasteiger partial charge >= 0.3 is 0 Å². The number of para-hydroxylation sites is 1. The van der Waals surface area contributed by atoms with Crippen molar-refractivity contribution < 1.29 is 0 Å². The molecule has 2 aliphatic carbocycles. The highest BCUT2D eigenvalue weighted by atomic mass is 32.1. The fraction of sp³-hybridized carbons (Fsp3) is 0.277. The van der Waals surface area contributed by atoms with Gasteiger partial charge in [-0.3, -0.25) is 0 Å². The van der Waals surface area contributed by atoms with Gasteiger partial charge in [-0.15, -0.1) is 11.3 Å². The first kappa shape index (κ1) is 33.1. The summed E-state index contributed by atoms with van der Waals surface area (Å²) in [4.78, 5) is 0. The third-order valence-corrected chi connectivity index (χ3v) is 12.0. The molecule has 0 saturated heterocycles. The lowest BCUT2D eigenvalue weighted by atomic mass is 9.75. The Morgan fingerprint density at radius 2 is 1.41 bits per heavy atom. The molecule has 0 N–H and O–H groups in total. The van der Waals surface area contributed by atoms with Crippen LogP contribution in [-0.2, 0) is 5.41 Å². The number of nitrogens with zero attached hydrogens (tertiary/aromatic N) is 1. The van der Waals surface area contributed by atoms with Crippen molar-refractivity contribution in [2.45, 2.75) is 79.7 Å². The molecular weight excluding hydrogens is 611 g/mol. The van der Waals surface area contributed by atoms with Crippen LogP contribution < -0.4 is 0 Å². The van der Waals surface area contributed by atoms with Gasteiger partial charge in [0.25, 0.3) is 0 Å². The van der Waals surface area contributed by atoms with Crippen molar-refractivity contribution >= 4 is 75.2 Å². The molecule has 0 radical (unpaired) electrons. The van der Waals surface area contributed by atoms with Gasteiger partial charge in [-0.1, -0.05) is 152 Å². The maximum absolute atomic E-state index is 2.60. The van der Waals surface area contributed by atoms with Gasteiger partial charge in [0.1, 0.15) is 0 Å². The minimum absolute atomic E-state index is 0.127. The SMILES string of the molecule is C/C=C1/c2c(ccc3c2ccc2c4ccccc4n(C4C=CC(c5cccc6c5sc5ccccc56)=C4)c32)C(C)(C)C1CCC.CC.CC. The van der Waals surface area contributed by atoms with Gasteiger partial charge in [0.05, 0.1) is 11.6 Å². The maximum atomic E-state index is 2.60. The van der Waals surface area contributed by atoms with Crippen LogP contribution in [0, 0.1) is 5.92 Å². The highest BCUT2D eigenvalue weighted by Gasteiger charge is 2.42. The molecule has 248 valence electrons. The van der Waals surface area contributed by atoms with E-state index in [0.717, 1.165) is 0 Å². The summed E-state index contributed by atoms with van der Waals surface area (Å²) in [6, 6.07) is 34.4. The van der Waals surface area contributed by atoms with Crippen LogP contribution in [0.5, 0.6) is 0 Å². The molecule has 2 aromatic heterocycles. The van der Waals surface area contributed by atoms with E-state index >= 15 is 0 Å². The molecule has 49 heavy (non-hydrogen) atoms. The number of thiophene rings is 1. The largest absolute Gasteiger partial charge is 0.329 e. The average molecular weight is 660 g/mol. The van der Waals surface area contributed by atoms with Gasteiger partial charge in [0, 0.05) is 41.8 Å². The van der Waals surface area contributed by atoms with Crippen LogP contribution in [0.15, 0.2) is 115 Å². The Morgan fingerprint density at radius 1 is 0.735 bits per heavy atom. The standard InChI is InChI=1S/C43H37NS.2C2H6/c1-5-12-36-28(6-2)40-32-21-22-33-30-13-7-9-17-38(30)44(41(33)34(32)23-24-37(40)43(36,3)4)27-20-19-26(25-27)29-15-11-16-35-31-14-8-10-18-39(31)45-42(29)35;2*1-2/h6-11,13-25,27,36H,5,12H2,1-4H3;2*1-2H3/b28-6+;;. The fourth-order valence-electron chi connectivity index (χ4n) is 8.77. The molecule has 2 atom stereocenters. The number of rotatable bonds is 4. The molecule has 7 aromatic rings. The highest BCUT2D eigenvalue weighted by molar-refractivity contribution is 7.26. The fourth-order valence-corrected chi connectivity index (χ4v) is 10.0. The molecule has 0 amide bonds. The summed E-state index contributed by atoms with van der Waals surface area (Å²) in [6.45, 7) is 17.5. The van der Waals surface area contributed by atoms with Crippen molar-refractivity contribution in [1.29, 1.82) is 0 Å². The lowest BCUT2D eigenvalue weighted by Gasteiger charge is -2.28. The normalized spacial score (nSPS) is 18.6. The van der Waals surface area contributed by atoms with Crippen LogP contribution in [0.2, 0.25) is 0 Å². The van der Waals surface area contributed by atoms with E-state index in [1.165, 1.54) is 93.4 Å². The Labute approximate surface area is 296 Å². The Morgan fingerprint density at radius 3 is 2.18 bits per heavy atom. The minimum atomic E-state index is 0.127. The van der Waals surface area contributed by atoms with E-state index in [1.54, 1.807) is 0 Å². The van der Waals surface area contributed by atoms with Crippen LogP contribution in [0.1, 0.15) is 91.0 Å². The van der Waals surface area contributed by atoms with Gasteiger partial charge in [-0.2, -0.15) is 0 Å². The summed E-state index contributed by atoms with van der Waals surface area (Å²) in [5.41, 5.74) is 9.92. The molecule has 9 rings (SSSR count). The molecule has 2 heterocycles. The van der Waals surface area contributed by atoms with E-state index in [2.05, 4.69) is 148 Å². The van der Waals surface area contributed by atoms with E-state index in [9.17, 15) is 0 Å². The molecule has 2 unspecified atom stereocenters. The van der Waals surface area contributed by atoms with Crippen molar-refractivity contribution in [3.05, 3.63) is 132 Å². The highest BCUT2D eigenvalue weighted by Crippen LogP contribution is 2.55. The predicted octanol–water partition coefficient (Wildman–Crippen LogP) is 14.7. The first-order valence-electron chi connectivity index (χ1n) is 18.5. The molecule has 0 aliphatic heterocycles. The number of hydrogen-bond donors (Lipinski definition) is 0. The van der Waals surface area contributed by atoms with E-state index in [0.29, 0.717) is 5.92 Å². The number of hydrogen-bond acceptors (Lipinski definition) is 1.